The first kappa shape index (κ1) is 18.2. The Bertz CT molecular complexity index is 826. The normalized spacial score (nSPS) is 10.4. The standard InChI is InChI=1S/C17H19N3O5/c1-4-25-17(22)16-11(3)19-10(2)15(16)14(21)9-18-12-6-5-7-13(8-12)20(23)24/h5-8,18-19H,4,9H2,1-3H3. The molecule has 1 aromatic heterocycles. The quantitative estimate of drug-likeness (QED) is 0.345. The summed E-state index contributed by atoms with van der Waals surface area (Å²) >= 11 is 0. The average Bonchev–Trinajstić information content (AvgIpc) is 2.87. The number of carbonyl (C=O) groups is 2. The van der Waals surface area contributed by atoms with Gasteiger partial charge in [-0.25, -0.2) is 4.79 Å². The van der Waals surface area contributed by atoms with Crippen LogP contribution in [-0.4, -0.2) is 34.8 Å². The Morgan fingerprint density at radius 1 is 1.24 bits per heavy atom. The molecule has 0 aliphatic rings. The van der Waals surface area contributed by atoms with Crippen LogP contribution in [0.2, 0.25) is 0 Å². The first-order valence-electron chi connectivity index (χ1n) is 7.73. The second kappa shape index (κ2) is 7.61. The fraction of sp³-hybridized carbons (Fsp3) is 0.294. The number of nitro benzene ring substituents is 1. The number of esters is 1. The second-order valence-electron chi connectivity index (χ2n) is 5.43. The maximum absolute atomic E-state index is 12.6. The van der Waals surface area contributed by atoms with Crippen molar-refractivity contribution in [2.24, 2.45) is 0 Å². The molecule has 0 spiro atoms. The van der Waals surface area contributed by atoms with Gasteiger partial charge in [0.15, 0.2) is 5.78 Å². The van der Waals surface area contributed by atoms with E-state index in [0.717, 1.165) is 0 Å². The molecule has 0 bridgehead atoms. The number of rotatable bonds is 7. The van der Waals surface area contributed by atoms with Crippen molar-refractivity contribution < 1.29 is 19.2 Å². The lowest BCUT2D eigenvalue weighted by Crippen LogP contribution is -2.18. The monoisotopic (exact) mass is 345 g/mol. The van der Waals surface area contributed by atoms with Gasteiger partial charge < -0.3 is 15.0 Å². The zero-order valence-electron chi connectivity index (χ0n) is 14.2. The maximum atomic E-state index is 12.6. The molecular weight excluding hydrogens is 326 g/mol. The van der Waals surface area contributed by atoms with E-state index >= 15 is 0 Å². The van der Waals surface area contributed by atoms with E-state index in [2.05, 4.69) is 10.3 Å². The summed E-state index contributed by atoms with van der Waals surface area (Å²) < 4.78 is 5.01. The summed E-state index contributed by atoms with van der Waals surface area (Å²) in [5.41, 5.74) is 2.02. The minimum Gasteiger partial charge on any atom is -0.462 e. The van der Waals surface area contributed by atoms with Crippen LogP contribution < -0.4 is 5.32 Å². The number of anilines is 1. The number of Topliss-reactive ketones (excluding diaryl/α,β-unsaturated/α-hetero) is 1. The van der Waals surface area contributed by atoms with Crippen LogP contribution in [0.1, 0.15) is 39.0 Å². The van der Waals surface area contributed by atoms with Crippen LogP contribution >= 0.6 is 0 Å². The van der Waals surface area contributed by atoms with Crippen molar-refractivity contribution in [2.75, 3.05) is 18.5 Å². The van der Waals surface area contributed by atoms with Gasteiger partial charge in [0.1, 0.15) is 0 Å². The van der Waals surface area contributed by atoms with Crippen LogP contribution in [0.4, 0.5) is 11.4 Å². The van der Waals surface area contributed by atoms with Crippen LogP contribution in [0.3, 0.4) is 0 Å². The van der Waals surface area contributed by atoms with E-state index in [9.17, 15) is 19.7 Å². The van der Waals surface area contributed by atoms with Gasteiger partial charge in [0, 0.05) is 29.2 Å². The van der Waals surface area contributed by atoms with E-state index in [1.807, 2.05) is 0 Å². The predicted octanol–water partition coefficient (Wildman–Crippen LogP) is 3.01. The number of hydrogen-bond donors (Lipinski definition) is 2. The third-order valence-corrected chi connectivity index (χ3v) is 3.64. The first-order chi connectivity index (χ1) is 11.8. The van der Waals surface area contributed by atoms with Crippen LogP contribution in [0.25, 0.3) is 0 Å². The van der Waals surface area contributed by atoms with Gasteiger partial charge >= 0.3 is 5.97 Å². The molecule has 2 N–H and O–H groups in total. The lowest BCUT2D eigenvalue weighted by atomic mass is 10.0. The Morgan fingerprint density at radius 3 is 2.56 bits per heavy atom. The van der Waals surface area contributed by atoms with Crippen molar-refractivity contribution in [1.29, 1.82) is 0 Å². The molecule has 132 valence electrons. The van der Waals surface area contributed by atoms with Crippen LogP contribution in [0.15, 0.2) is 24.3 Å². The lowest BCUT2D eigenvalue weighted by molar-refractivity contribution is -0.384. The molecule has 0 fully saturated rings. The summed E-state index contributed by atoms with van der Waals surface area (Å²) in [4.78, 5) is 38.0. The molecule has 25 heavy (non-hydrogen) atoms. The Balaban J connectivity index is 2.20. The Morgan fingerprint density at radius 2 is 1.92 bits per heavy atom. The molecule has 1 heterocycles. The van der Waals surface area contributed by atoms with Crippen LogP contribution in [-0.2, 0) is 4.74 Å². The number of nitro groups is 1. The lowest BCUT2D eigenvalue weighted by Gasteiger charge is -2.08. The van der Waals surface area contributed by atoms with E-state index < -0.39 is 10.9 Å². The third-order valence-electron chi connectivity index (χ3n) is 3.64. The maximum Gasteiger partial charge on any atom is 0.340 e. The molecule has 0 amide bonds. The first-order valence-corrected chi connectivity index (χ1v) is 7.73. The fourth-order valence-electron chi connectivity index (χ4n) is 2.59. The molecule has 8 nitrogen and oxygen atoms in total. The number of non-ortho nitro benzene ring substituents is 1. The number of aromatic nitrogens is 1. The van der Waals surface area contributed by atoms with E-state index in [-0.39, 0.29) is 35.7 Å². The highest BCUT2D eigenvalue weighted by molar-refractivity contribution is 6.09. The Labute approximate surface area is 144 Å². The number of nitrogens with one attached hydrogen (secondary N) is 2. The number of ether oxygens (including phenoxy) is 1. The molecular formula is C17H19N3O5. The van der Waals surface area contributed by atoms with E-state index in [0.29, 0.717) is 17.1 Å². The molecule has 2 rings (SSSR count). The summed E-state index contributed by atoms with van der Waals surface area (Å²) in [6, 6.07) is 5.86. The number of hydrogen-bond acceptors (Lipinski definition) is 6. The number of aromatic amines is 1. The third kappa shape index (κ3) is 4.03. The van der Waals surface area contributed by atoms with Gasteiger partial charge in [-0.2, -0.15) is 0 Å². The summed E-state index contributed by atoms with van der Waals surface area (Å²) in [5, 5.41) is 13.6. The van der Waals surface area contributed by atoms with Gasteiger partial charge in [-0.3, -0.25) is 14.9 Å². The topological polar surface area (TPSA) is 114 Å². The van der Waals surface area contributed by atoms with Gasteiger partial charge in [-0.1, -0.05) is 6.07 Å². The van der Waals surface area contributed by atoms with Crippen molar-refractivity contribution in [3.8, 4) is 0 Å². The molecule has 0 radical (unpaired) electrons. The molecule has 1 aromatic carbocycles. The molecule has 0 saturated heterocycles. The van der Waals surface area contributed by atoms with E-state index in [1.165, 1.54) is 18.2 Å². The largest absolute Gasteiger partial charge is 0.462 e. The number of H-pyrrole nitrogens is 1. The molecule has 0 atom stereocenters. The minimum absolute atomic E-state index is 0.0710. The Kier molecular flexibility index (Phi) is 5.53. The van der Waals surface area contributed by atoms with Crippen molar-refractivity contribution >= 4 is 23.1 Å². The summed E-state index contributed by atoms with van der Waals surface area (Å²) in [7, 11) is 0. The van der Waals surface area contributed by atoms with Gasteiger partial charge in [0.2, 0.25) is 0 Å². The minimum atomic E-state index is -0.553. The average molecular weight is 345 g/mol. The zero-order valence-corrected chi connectivity index (χ0v) is 14.2. The number of benzene rings is 1. The predicted molar refractivity (Wildman–Crippen MR) is 92.1 cm³/mol. The van der Waals surface area contributed by atoms with Crippen LogP contribution in [0, 0.1) is 24.0 Å². The van der Waals surface area contributed by atoms with E-state index in [1.54, 1.807) is 26.8 Å². The number of ketones is 1. The van der Waals surface area contributed by atoms with Crippen molar-refractivity contribution in [3.05, 3.63) is 56.9 Å². The Hall–Kier alpha value is -3.16. The highest BCUT2D eigenvalue weighted by Gasteiger charge is 2.25. The molecule has 0 aliphatic heterocycles. The highest BCUT2D eigenvalue weighted by atomic mass is 16.6. The summed E-state index contributed by atoms with van der Waals surface area (Å²) in [6.45, 7) is 5.20. The van der Waals surface area contributed by atoms with E-state index in [4.69, 9.17) is 4.74 Å². The fourth-order valence-corrected chi connectivity index (χ4v) is 2.59. The van der Waals surface area contributed by atoms with Crippen LogP contribution in [0.5, 0.6) is 0 Å². The van der Waals surface area contributed by atoms with Gasteiger partial charge in [-0.05, 0) is 26.8 Å². The smallest absolute Gasteiger partial charge is 0.340 e. The van der Waals surface area contributed by atoms with Crippen molar-refractivity contribution in [2.45, 2.75) is 20.8 Å². The van der Waals surface area contributed by atoms with Crippen molar-refractivity contribution in [3.63, 3.8) is 0 Å². The number of aryl methyl sites for hydroxylation is 2. The van der Waals surface area contributed by atoms with Gasteiger partial charge in [0.05, 0.1) is 29.2 Å². The second-order valence-corrected chi connectivity index (χ2v) is 5.43. The highest BCUT2D eigenvalue weighted by Crippen LogP contribution is 2.21. The molecule has 0 saturated carbocycles. The van der Waals surface area contributed by atoms with Gasteiger partial charge in [0.25, 0.3) is 5.69 Å². The molecule has 8 heteroatoms. The molecule has 0 unspecified atom stereocenters. The van der Waals surface area contributed by atoms with Crippen molar-refractivity contribution in [1.82, 2.24) is 4.98 Å². The molecule has 0 aliphatic carbocycles. The molecule has 2 aromatic rings. The number of nitrogens with zero attached hydrogens (tertiary/aromatic N) is 1. The number of carbonyl (C=O) groups excluding carboxylic acids is 2. The summed E-state index contributed by atoms with van der Waals surface area (Å²) in [5.74, 6) is -0.862. The zero-order chi connectivity index (χ0) is 18.6. The van der Waals surface area contributed by atoms with Gasteiger partial charge in [-0.15, -0.1) is 0 Å². The summed E-state index contributed by atoms with van der Waals surface area (Å²) in [6.07, 6.45) is 0. The SMILES string of the molecule is CCOC(=O)c1c(C)[nH]c(C)c1C(=O)CNc1cccc([N+](=O)[O-])c1.